The second kappa shape index (κ2) is 9.13. The molecule has 144 valence electrons. The minimum absolute atomic E-state index is 0.0301. The van der Waals surface area contributed by atoms with Gasteiger partial charge in [-0.3, -0.25) is 9.69 Å². The van der Waals surface area contributed by atoms with Gasteiger partial charge in [-0.25, -0.2) is 4.39 Å². The van der Waals surface area contributed by atoms with Crippen molar-refractivity contribution in [2.24, 2.45) is 0 Å². The first-order chi connectivity index (χ1) is 12.5. The predicted octanol–water partition coefficient (Wildman–Crippen LogP) is 2.71. The zero-order valence-electron chi connectivity index (χ0n) is 15.1. The van der Waals surface area contributed by atoms with E-state index in [-0.39, 0.29) is 17.8 Å². The first-order valence-corrected chi connectivity index (χ1v) is 9.59. The van der Waals surface area contributed by atoms with Gasteiger partial charge in [-0.05, 0) is 37.5 Å². The van der Waals surface area contributed by atoms with Crippen molar-refractivity contribution < 1.29 is 18.7 Å². The molecule has 2 heterocycles. The third-order valence-corrected chi connectivity index (χ3v) is 5.35. The Kier molecular flexibility index (Phi) is 6.86. The van der Waals surface area contributed by atoms with Crippen molar-refractivity contribution in [3.8, 4) is 0 Å². The maximum Gasteiger partial charge on any atom is 0.251 e. The smallest absolute Gasteiger partial charge is 0.251 e. The van der Waals surface area contributed by atoms with Crippen LogP contribution in [0.25, 0.3) is 0 Å². The van der Waals surface area contributed by atoms with Crippen molar-refractivity contribution in [2.75, 3.05) is 39.4 Å². The summed E-state index contributed by atoms with van der Waals surface area (Å²) in [5.41, 5.74) is 0.904. The lowest BCUT2D eigenvalue weighted by molar-refractivity contribution is -0.146. The number of hydrogen-bond donors (Lipinski definition) is 0. The Morgan fingerprint density at radius 2 is 2.15 bits per heavy atom. The fourth-order valence-electron chi connectivity index (χ4n) is 3.37. The van der Waals surface area contributed by atoms with Crippen LogP contribution in [0.15, 0.2) is 18.2 Å². The summed E-state index contributed by atoms with van der Waals surface area (Å²) in [6.07, 6.45) is 1.75. The molecular formula is C19H26ClFN2O3. The normalized spacial score (nSPS) is 22.6. The Morgan fingerprint density at radius 3 is 2.81 bits per heavy atom. The molecule has 2 saturated heterocycles. The van der Waals surface area contributed by atoms with E-state index in [1.165, 1.54) is 12.1 Å². The van der Waals surface area contributed by atoms with E-state index in [4.69, 9.17) is 21.1 Å². The van der Waals surface area contributed by atoms with Gasteiger partial charge in [-0.2, -0.15) is 0 Å². The van der Waals surface area contributed by atoms with Gasteiger partial charge < -0.3 is 14.4 Å². The Morgan fingerprint density at radius 1 is 1.38 bits per heavy atom. The second-order valence-electron chi connectivity index (χ2n) is 6.95. The number of ether oxygens (including phenoxy) is 2. The Balaban J connectivity index is 1.42. The fourth-order valence-corrected chi connectivity index (χ4v) is 3.60. The van der Waals surface area contributed by atoms with Gasteiger partial charge in [0.05, 0.1) is 12.7 Å². The van der Waals surface area contributed by atoms with Crippen molar-refractivity contribution in [2.45, 2.75) is 38.5 Å². The van der Waals surface area contributed by atoms with Gasteiger partial charge in [0, 0.05) is 44.4 Å². The molecule has 0 spiro atoms. The van der Waals surface area contributed by atoms with Crippen LogP contribution >= 0.6 is 11.6 Å². The van der Waals surface area contributed by atoms with E-state index in [2.05, 4.69) is 4.90 Å². The summed E-state index contributed by atoms with van der Waals surface area (Å²) in [6.45, 7) is 6.58. The van der Waals surface area contributed by atoms with E-state index in [0.717, 1.165) is 38.1 Å². The molecular weight excluding hydrogens is 359 g/mol. The van der Waals surface area contributed by atoms with Crippen LogP contribution in [0.2, 0.25) is 5.02 Å². The molecule has 5 nitrogen and oxygen atoms in total. The molecule has 0 N–H and O–H groups in total. The van der Waals surface area contributed by atoms with Gasteiger partial charge >= 0.3 is 0 Å². The molecule has 2 fully saturated rings. The van der Waals surface area contributed by atoms with Gasteiger partial charge in [-0.15, -0.1) is 0 Å². The first-order valence-electron chi connectivity index (χ1n) is 9.21. The van der Waals surface area contributed by atoms with Crippen molar-refractivity contribution >= 4 is 17.5 Å². The number of rotatable bonds is 6. The molecule has 7 heteroatoms. The molecule has 3 rings (SSSR count). The number of benzene rings is 1. The second-order valence-corrected chi connectivity index (χ2v) is 7.35. The van der Waals surface area contributed by atoms with Crippen LogP contribution in [-0.2, 0) is 20.8 Å². The topological polar surface area (TPSA) is 42.0 Å². The van der Waals surface area contributed by atoms with E-state index < -0.39 is 6.10 Å². The largest absolute Gasteiger partial charge is 0.376 e. The number of halogens is 2. The highest BCUT2D eigenvalue weighted by molar-refractivity contribution is 6.31. The molecule has 2 unspecified atom stereocenters. The number of piperazine rings is 1. The number of amides is 1. The van der Waals surface area contributed by atoms with Gasteiger partial charge in [0.25, 0.3) is 5.91 Å². The van der Waals surface area contributed by atoms with Crippen molar-refractivity contribution in [3.63, 3.8) is 0 Å². The van der Waals surface area contributed by atoms with E-state index in [1.54, 1.807) is 6.07 Å². The third kappa shape index (κ3) is 5.16. The molecule has 1 amide bonds. The van der Waals surface area contributed by atoms with Crippen molar-refractivity contribution in [1.82, 2.24) is 9.80 Å². The van der Waals surface area contributed by atoms with Crippen LogP contribution in [0.3, 0.4) is 0 Å². The van der Waals surface area contributed by atoms with Crippen LogP contribution in [0.4, 0.5) is 4.39 Å². The summed E-state index contributed by atoms with van der Waals surface area (Å²) in [5.74, 6) is -0.298. The number of hydrogen-bond acceptors (Lipinski definition) is 4. The lowest BCUT2D eigenvalue weighted by Crippen LogP contribution is -2.51. The maximum absolute atomic E-state index is 13.1. The summed E-state index contributed by atoms with van der Waals surface area (Å²) in [5, 5.41) is 0.444. The average Bonchev–Trinajstić information content (AvgIpc) is 3.15. The van der Waals surface area contributed by atoms with Gasteiger partial charge in [0.15, 0.2) is 0 Å². The molecule has 0 bridgehead atoms. The highest BCUT2D eigenvalue weighted by Crippen LogP contribution is 2.20. The van der Waals surface area contributed by atoms with Crippen LogP contribution in [0, 0.1) is 5.82 Å². The van der Waals surface area contributed by atoms with Crippen LogP contribution in [0.5, 0.6) is 0 Å². The lowest BCUT2D eigenvalue weighted by Gasteiger charge is -2.36. The summed E-state index contributed by atoms with van der Waals surface area (Å²) in [4.78, 5) is 16.6. The highest BCUT2D eigenvalue weighted by Gasteiger charge is 2.27. The summed E-state index contributed by atoms with van der Waals surface area (Å²) >= 11 is 6.10. The standard InChI is InChI=1S/C19H26ClFN2O3/c1-14(26-13-17-3-2-10-25-17)19(24)23-8-6-22(7-9-23)12-15-4-5-16(21)11-18(15)20/h4-5,11,14,17H,2-3,6-10,12-13H2,1H3. The number of nitrogens with zero attached hydrogens (tertiary/aromatic N) is 2. The predicted molar refractivity (Wildman–Crippen MR) is 97.7 cm³/mol. The van der Waals surface area contributed by atoms with E-state index >= 15 is 0 Å². The fraction of sp³-hybridized carbons (Fsp3) is 0.632. The first kappa shape index (κ1) is 19.5. The van der Waals surface area contributed by atoms with E-state index in [9.17, 15) is 9.18 Å². The van der Waals surface area contributed by atoms with Gasteiger partial charge in [0.1, 0.15) is 11.9 Å². The molecule has 0 aromatic heterocycles. The Labute approximate surface area is 159 Å². The van der Waals surface area contributed by atoms with Crippen LogP contribution < -0.4 is 0 Å². The van der Waals surface area contributed by atoms with Crippen LogP contribution in [0.1, 0.15) is 25.3 Å². The molecule has 0 aliphatic carbocycles. The molecule has 2 atom stereocenters. The molecule has 0 saturated carbocycles. The Bertz CT molecular complexity index is 617. The van der Waals surface area contributed by atoms with E-state index in [0.29, 0.717) is 31.3 Å². The molecule has 2 aliphatic rings. The molecule has 1 aromatic rings. The number of carbonyl (C=O) groups excluding carboxylic acids is 1. The monoisotopic (exact) mass is 384 g/mol. The van der Waals surface area contributed by atoms with E-state index in [1.807, 2.05) is 11.8 Å². The average molecular weight is 385 g/mol. The summed E-state index contributed by atoms with van der Waals surface area (Å²) < 4.78 is 24.4. The third-order valence-electron chi connectivity index (χ3n) is 5.00. The SMILES string of the molecule is CC(OCC1CCCO1)C(=O)N1CCN(Cc2ccc(F)cc2Cl)CC1. The molecule has 0 radical (unpaired) electrons. The quantitative estimate of drug-likeness (QED) is 0.756. The minimum atomic E-state index is -0.447. The molecule has 26 heavy (non-hydrogen) atoms. The molecule has 2 aliphatic heterocycles. The van der Waals surface area contributed by atoms with Gasteiger partial charge in [-0.1, -0.05) is 17.7 Å². The zero-order chi connectivity index (χ0) is 18.5. The summed E-state index contributed by atoms with van der Waals surface area (Å²) in [6, 6.07) is 4.48. The lowest BCUT2D eigenvalue weighted by atomic mass is 10.2. The molecule has 1 aromatic carbocycles. The van der Waals surface area contributed by atoms with Gasteiger partial charge in [0.2, 0.25) is 0 Å². The minimum Gasteiger partial charge on any atom is -0.376 e. The Hall–Kier alpha value is -1.21. The zero-order valence-corrected chi connectivity index (χ0v) is 15.9. The highest BCUT2D eigenvalue weighted by atomic mass is 35.5. The number of carbonyl (C=O) groups is 1. The maximum atomic E-state index is 13.1. The van der Waals surface area contributed by atoms with Crippen LogP contribution in [-0.4, -0.2) is 67.3 Å². The van der Waals surface area contributed by atoms with Crippen molar-refractivity contribution in [3.05, 3.63) is 34.6 Å². The summed E-state index contributed by atoms with van der Waals surface area (Å²) in [7, 11) is 0. The van der Waals surface area contributed by atoms with Crippen molar-refractivity contribution in [1.29, 1.82) is 0 Å².